The predicted molar refractivity (Wildman–Crippen MR) is 103 cm³/mol. The Hall–Kier alpha value is -1.31. The molecule has 1 aromatic heterocycles. The van der Waals surface area contributed by atoms with Crippen molar-refractivity contribution in [3.63, 3.8) is 0 Å². The number of hydrogen-bond acceptors (Lipinski definition) is 4. The van der Waals surface area contributed by atoms with E-state index in [1.807, 2.05) is 0 Å². The molecule has 3 aromatic rings. The maximum Gasteiger partial charge on any atom is 0.361 e. The summed E-state index contributed by atoms with van der Waals surface area (Å²) in [6.07, 6.45) is 1.35. The van der Waals surface area contributed by atoms with Crippen molar-refractivity contribution < 1.29 is 4.74 Å². The number of halogens is 4. The monoisotopic (exact) mass is 435 g/mol. The van der Waals surface area contributed by atoms with Gasteiger partial charge >= 0.3 is 5.69 Å². The van der Waals surface area contributed by atoms with Crippen LogP contribution in [0, 0.1) is 0 Å². The van der Waals surface area contributed by atoms with Crippen molar-refractivity contribution >= 4 is 58.4 Å². The smallest absolute Gasteiger partial charge is 0.361 e. The Balaban J connectivity index is 1.78. The van der Waals surface area contributed by atoms with Crippen LogP contribution in [0.25, 0.3) is 5.69 Å². The molecule has 0 aliphatic rings. The lowest BCUT2D eigenvalue weighted by Gasteiger charge is -2.08. The van der Waals surface area contributed by atoms with Crippen molar-refractivity contribution in [1.82, 2.24) is 13.8 Å². The van der Waals surface area contributed by atoms with Crippen LogP contribution >= 0.6 is 58.4 Å². The Labute approximate surface area is 167 Å². The fraction of sp³-hybridized carbons (Fsp3) is 0.0667. The van der Waals surface area contributed by atoms with Gasteiger partial charge in [0.25, 0.3) is 3.12 Å². The van der Waals surface area contributed by atoms with Crippen LogP contribution in [0.3, 0.4) is 0 Å². The van der Waals surface area contributed by atoms with E-state index in [0.717, 1.165) is 4.09 Å². The summed E-state index contributed by atoms with van der Waals surface area (Å²) in [7, 11) is 0. The first kappa shape index (κ1) is 18.5. The zero-order valence-electron chi connectivity index (χ0n) is 12.3. The van der Waals surface area contributed by atoms with Gasteiger partial charge in [-0.25, -0.2) is 9.36 Å². The Morgan fingerprint density at radius 2 is 1.52 bits per heavy atom. The summed E-state index contributed by atoms with van der Waals surface area (Å²) in [5.41, 5.74) is 0.160. The van der Waals surface area contributed by atoms with E-state index in [1.54, 1.807) is 48.5 Å². The Bertz CT molecular complexity index is 918. The second-order valence-corrected chi connectivity index (χ2v) is 9.27. The average molecular weight is 437 g/mol. The van der Waals surface area contributed by atoms with Gasteiger partial charge in [0, 0.05) is 17.0 Å². The van der Waals surface area contributed by atoms with Gasteiger partial charge in [-0.3, -0.25) is 0 Å². The van der Waals surface area contributed by atoms with Crippen LogP contribution in [0.5, 0.6) is 11.5 Å². The molecule has 0 aliphatic heterocycles. The first-order valence-corrected chi connectivity index (χ1v) is 9.07. The number of benzene rings is 2. The van der Waals surface area contributed by atoms with Gasteiger partial charge in [-0.2, -0.15) is 0 Å². The SMILES string of the molecule is O=c1n(-c2ccc(Oc3ccc(Cl)cc3)cc2)cnn1SC(Cl)(Cl)Cl. The maximum absolute atomic E-state index is 12.3. The first-order chi connectivity index (χ1) is 11.8. The molecule has 1 heterocycles. The highest BCUT2D eigenvalue weighted by Gasteiger charge is 2.24. The minimum Gasteiger partial charge on any atom is -0.457 e. The van der Waals surface area contributed by atoms with Crippen molar-refractivity contribution in [3.05, 3.63) is 70.4 Å². The first-order valence-electron chi connectivity index (χ1n) is 6.78. The number of nitrogens with zero attached hydrogens (tertiary/aromatic N) is 3. The molecule has 25 heavy (non-hydrogen) atoms. The average Bonchev–Trinajstić information content (AvgIpc) is 2.90. The van der Waals surface area contributed by atoms with Crippen LogP contribution < -0.4 is 10.4 Å². The second-order valence-electron chi connectivity index (χ2n) is 4.74. The van der Waals surface area contributed by atoms with Crippen molar-refractivity contribution in [2.75, 3.05) is 0 Å². The molecule has 3 rings (SSSR count). The van der Waals surface area contributed by atoms with Gasteiger partial charge in [-0.05, 0) is 48.5 Å². The van der Waals surface area contributed by atoms with E-state index in [0.29, 0.717) is 34.2 Å². The van der Waals surface area contributed by atoms with Crippen LogP contribution in [0.15, 0.2) is 59.7 Å². The minimum absolute atomic E-state index is 0.442. The normalized spacial score (nSPS) is 11.5. The van der Waals surface area contributed by atoms with E-state index < -0.39 is 8.81 Å². The molecule has 2 aromatic carbocycles. The lowest BCUT2D eigenvalue weighted by Crippen LogP contribution is -2.22. The molecule has 0 spiro atoms. The largest absolute Gasteiger partial charge is 0.457 e. The lowest BCUT2D eigenvalue weighted by molar-refractivity contribution is 0.482. The molecule has 5 nitrogen and oxygen atoms in total. The molecule has 0 aliphatic carbocycles. The number of rotatable bonds is 4. The van der Waals surface area contributed by atoms with Gasteiger partial charge in [-0.15, -0.1) is 9.19 Å². The number of alkyl halides is 3. The highest BCUT2D eigenvalue weighted by atomic mass is 35.6. The van der Waals surface area contributed by atoms with E-state index in [4.69, 9.17) is 51.1 Å². The summed E-state index contributed by atoms with van der Waals surface area (Å²) in [4.78, 5) is 12.3. The molecule has 10 heteroatoms. The highest BCUT2D eigenvalue weighted by Crippen LogP contribution is 2.38. The van der Waals surface area contributed by atoms with Crippen molar-refractivity contribution in [2.45, 2.75) is 3.12 Å². The Morgan fingerprint density at radius 1 is 0.960 bits per heavy atom. The molecule has 0 atom stereocenters. The van der Waals surface area contributed by atoms with Crippen LogP contribution in [-0.4, -0.2) is 16.9 Å². The predicted octanol–water partition coefficient (Wildman–Crippen LogP) is 5.30. The van der Waals surface area contributed by atoms with Crippen molar-refractivity contribution in [3.8, 4) is 17.2 Å². The molecule has 0 unspecified atom stereocenters. The molecule has 0 amide bonds. The van der Waals surface area contributed by atoms with Crippen LogP contribution in [-0.2, 0) is 0 Å². The third kappa shape index (κ3) is 4.86. The Kier molecular flexibility index (Phi) is 5.55. The molecular formula is C15H9Cl4N3O2S. The van der Waals surface area contributed by atoms with Crippen molar-refractivity contribution in [1.29, 1.82) is 0 Å². The molecule has 0 fully saturated rings. The summed E-state index contributed by atoms with van der Waals surface area (Å²) in [6, 6.07) is 13.9. The molecule has 0 N–H and O–H groups in total. The molecular weight excluding hydrogens is 428 g/mol. The molecule has 0 saturated heterocycles. The van der Waals surface area contributed by atoms with Crippen LogP contribution in [0.1, 0.15) is 0 Å². The fourth-order valence-corrected chi connectivity index (χ4v) is 3.11. The second kappa shape index (κ2) is 7.51. The fourth-order valence-electron chi connectivity index (χ4n) is 1.94. The van der Waals surface area contributed by atoms with Gasteiger partial charge in [0.15, 0.2) is 0 Å². The maximum atomic E-state index is 12.3. The standard InChI is InChI=1S/C15H9Cl4N3O2S/c16-10-1-5-12(6-2-10)24-13-7-3-11(4-8-13)21-9-20-22(14(21)23)25-15(17,18)19/h1-9H. The topological polar surface area (TPSA) is 49.1 Å². The summed E-state index contributed by atoms with van der Waals surface area (Å²) >= 11 is 23.5. The lowest BCUT2D eigenvalue weighted by atomic mass is 10.3. The molecule has 0 bridgehead atoms. The van der Waals surface area contributed by atoms with Gasteiger partial charge in [0.2, 0.25) is 0 Å². The summed E-state index contributed by atoms with van der Waals surface area (Å²) in [6.45, 7) is 0. The van der Waals surface area contributed by atoms with Gasteiger partial charge in [0.05, 0.1) is 5.69 Å². The minimum atomic E-state index is -1.68. The van der Waals surface area contributed by atoms with E-state index in [1.165, 1.54) is 10.9 Å². The summed E-state index contributed by atoms with van der Waals surface area (Å²) < 4.78 is 6.35. The summed E-state index contributed by atoms with van der Waals surface area (Å²) in [5, 5.41) is 4.54. The number of hydrogen-bond donors (Lipinski definition) is 0. The highest BCUT2D eigenvalue weighted by molar-refractivity contribution is 8.03. The van der Waals surface area contributed by atoms with E-state index in [2.05, 4.69) is 5.10 Å². The Morgan fingerprint density at radius 3 is 2.08 bits per heavy atom. The van der Waals surface area contributed by atoms with E-state index in [9.17, 15) is 4.79 Å². The van der Waals surface area contributed by atoms with E-state index in [-0.39, 0.29) is 0 Å². The molecule has 0 saturated carbocycles. The van der Waals surface area contributed by atoms with Crippen LogP contribution in [0.2, 0.25) is 5.02 Å². The van der Waals surface area contributed by atoms with E-state index >= 15 is 0 Å². The quantitative estimate of drug-likeness (QED) is 0.520. The van der Waals surface area contributed by atoms with Crippen LogP contribution in [0.4, 0.5) is 0 Å². The molecule has 130 valence electrons. The van der Waals surface area contributed by atoms with Crippen molar-refractivity contribution in [2.24, 2.45) is 0 Å². The number of ether oxygens (including phenoxy) is 1. The van der Waals surface area contributed by atoms with Gasteiger partial charge in [0.1, 0.15) is 17.8 Å². The third-order valence-electron chi connectivity index (χ3n) is 3.00. The van der Waals surface area contributed by atoms with Gasteiger partial charge < -0.3 is 4.74 Å². The zero-order chi connectivity index (χ0) is 18.0. The third-order valence-corrected chi connectivity index (χ3v) is 4.50. The van der Waals surface area contributed by atoms with Gasteiger partial charge in [-0.1, -0.05) is 46.4 Å². The molecule has 0 radical (unpaired) electrons. The summed E-state index contributed by atoms with van der Waals surface area (Å²) in [5.74, 6) is 1.27. The number of aromatic nitrogens is 3. The zero-order valence-corrected chi connectivity index (χ0v) is 16.1.